The highest BCUT2D eigenvalue weighted by atomic mass is 19.1. The van der Waals surface area contributed by atoms with Gasteiger partial charge in [-0.2, -0.15) is 5.10 Å². The number of carbonyl (C=O) groups is 1. The molecule has 1 fully saturated rings. The highest BCUT2D eigenvalue weighted by Gasteiger charge is 2.34. The van der Waals surface area contributed by atoms with Crippen LogP contribution in [0.5, 0.6) is 0 Å². The predicted octanol–water partition coefficient (Wildman–Crippen LogP) is 1.98. The zero-order chi connectivity index (χ0) is 16.3. The molecule has 0 radical (unpaired) electrons. The average molecular weight is 317 g/mol. The first-order valence-electron chi connectivity index (χ1n) is 7.83. The lowest BCUT2D eigenvalue weighted by Crippen LogP contribution is -2.49. The van der Waals surface area contributed by atoms with E-state index in [-0.39, 0.29) is 24.8 Å². The van der Waals surface area contributed by atoms with Crippen molar-refractivity contribution in [1.82, 2.24) is 15.1 Å². The van der Waals surface area contributed by atoms with E-state index in [1.807, 2.05) is 0 Å². The normalized spacial score (nSPS) is 16.4. The summed E-state index contributed by atoms with van der Waals surface area (Å²) in [5.41, 5.74) is 0.912. The molecule has 1 aromatic heterocycles. The molecule has 1 amide bonds. The lowest BCUT2D eigenvalue weighted by atomic mass is 9.98. The molecular weight excluding hydrogens is 297 g/mol. The van der Waals surface area contributed by atoms with Crippen LogP contribution in [0.3, 0.4) is 0 Å². The molecule has 0 unspecified atom stereocenters. The molecule has 2 N–H and O–H groups in total. The first-order chi connectivity index (χ1) is 11.1. The molecule has 5 nitrogen and oxygen atoms in total. The van der Waals surface area contributed by atoms with Crippen molar-refractivity contribution in [2.45, 2.75) is 37.6 Å². The fourth-order valence-electron chi connectivity index (χ4n) is 3.07. The second kappa shape index (κ2) is 6.50. The maximum Gasteiger partial charge on any atom is 0.226 e. The number of halogens is 1. The van der Waals surface area contributed by atoms with Crippen LogP contribution in [-0.2, 0) is 11.2 Å². The quantitative estimate of drug-likeness (QED) is 0.886. The summed E-state index contributed by atoms with van der Waals surface area (Å²) in [7, 11) is 0. The molecule has 0 saturated heterocycles. The maximum atomic E-state index is 12.9. The average Bonchev–Trinajstić information content (AvgIpc) is 3.18. The van der Waals surface area contributed by atoms with E-state index >= 15 is 0 Å². The Kier molecular flexibility index (Phi) is 4.43. The Morgan fingerprint density at radius 3 is 2.61 bits per heavy atom. The molecule has 3 rings (SSSR count). The minimum absolute atomic E-state index is 0.0250. The molecule has 1 saturated carbocycles. The molecule has 23 heavy (non-hydrogen) atoms. The Bertz CT molecular complexity index is 675. The van der Waals surface area contributed by atoms with Crippen LogP contribution in [0.1, 0.15) is 31.4 Å². The predicted molar refractivity (Wildman–Crippen MR) is 83.7 cm³/mol. The van der Waals surface area contributed by atoms with Gasteiger partial charge in [-0.05, 0) is 43.2 Å². The molecule has 0 bridgehead atoms. The van der Waals surface area contributed by atoms with Crippen LogP contribution in [0, 0.1) is 5.82 Å². The van der Waals surface area contributed by atoms with Crippen LogP contribution in [0.2, 0.25) is 0 Å². The summed E-state index contributed by atoms with van der Waals surface area (Å²) in [5, 5.41) is 16.8. The number of aliphatic hydroxyl groups is 1. The minimum atomic E-state index is -0.462. The number of rotatable bonds is 5. The molecule has 1 aromatic carbocycles. The lowest BCUT2D eigenvalue weighted by Gasteiger charge is -2.27. The van der Waals surface area contributed by atoms with Crippen molar-refractivity contribution in [2.75, 3.05) is 6.61 Å². The van der Waals surface area contributed by atoms with Crippen molar-refractivity contribution in [1.29, 1.82) is 0 Å². The summed E-state index contributed by atoms with van der Waals surface area (Å²) in [6.45, 7) is -0.0250. The van der Waals surface area contributed by atoms with E-state index in [0.717, 1.165) is 31.4 Å². The van der Waals surface area contributed by atoms with E-state index in [4.69, 9.17) is 0 Å². The van der Waals surface area contributed by atoms with Gasteiger partial charge in [0.25, 0.3) is 0 Å². The van der Waals surface area contributed by atoms with Crippen molar-refractivity contribution < 1.29 is 14.3 Å². The SMILES string of the molecule is O=C(Cc1ccn(-c2ccc(F)cc2)n1)NC1(CO)CCCC1. The van der Waals surface area contributed by atoms with Crippen LogP contribution >= 0.6 is 0 Å². The minimum Gasteiger partial charge on any atom is -0.394 e. The Morgan fingerprint density at radius 2 is 1.96 bits per heavy atom. The van der Waals surface area contributed by atoms with E-state index in [2.05, 4.69) is 10.4 Å². The number of aliphatic hydroxyl groups excluding tert-OH is 1. The van der Waals surface area contributed by atoms with Gasteiger partial charge in [0.1, 0.15) is 5.82 Å². The van der Waals surface area contributed by atoms with Gasteiger partial charge in [0.15, 0.2) is 0 Å². The fraction of sp³-hybridized carbons (Fsp3) is 0.412. The molecular formula is C17H20FN3O2. The maximum absolute atomic E-state index is 12.9. The zero-order valence-corrected chi connectivity index (χ0v) is 12.8. The van der Waals surface area contributed by atoms with E-state index < -0.39 is 5.54 Å². The number of hydrogen-bond acceptors (Lipinski definition) is 3. The molecule has 0 spiro atoms. The monoisotopic (exact) mass is 317 g/mol. The van der Waals surface area contributed by atoms with Gasteiger partial charge in [-0.3, -0.25) is 4.79 Å². The van der Waals surface area contributed by atoms with Gasteiger partial charge in [-0.1, -0.05) is 12.8 Å². The topological polar surface area (TPSA) is 67.2 Å². The molecule has 0 aliphatic heterocycles. The first-order valence-corrected chi connectivity index (χ1v) is 7.83. The van der Waals surface area contributed by atoms with Crippen molar-refractivity contribution in [3.8, 4) is 5.69 Å². The van der Waals surface area contributed by atoms with Crippen molar-refractivity contribution >= 4 is 5.91 Å². The van der Waals surface area contributed by atoms with Gasteiger partial charge in [-0.15, -0.1) is 0 Å². The Labute approximate surface area is 134 Å². The summed E-state index contributed by atoms with van der Waals surface area (Å²) >= 11 is 0. The second-order valence-corrected chi connectivity index (χ2v) is 6.10. The third kappa shape index (κ3) is 3.59. The largest absolute Gasteiger partial charge is 0.394 e. The second-order valence-electron chi connectivity index (χ2n) is 6.10. The summed E-state index contributed by atoms with van der Waals surface area (Å²) in [4.78, 5) is 12.2. The van der Waals surface area contributed by atoms with Gasteiger partial charge in [0.05, 0.1) is 29.9 Å². The zero-order valence-electron chi connectivity index (χ0n) is 12.8. The van der Waals surface area contributed by atoms with Gasteiger partial charge in [0, 0.05) is 6.20 Å². The van der Waals surface area contributed by atoms with Crippen LogP contribution < -0.4 is 5.32 Å². The highest BCUT2D eigenvalue weighted by Crippen LogP contribution is 2.29. The van der Waals surface area contributed by atoms with Crippen LogP contribution in [0.4, 0.5) is 4.39 Å². The molecule has 1 heterocycles. The van der Waals surface area contributed by atoms with Crippen LogP contribution in [0.25, 0.3) is 5.69 Å². The summed E-state index contributed by atoms with van der Waals surface area (Å²) in [6.07, 6.45) is 5.60. The first kappa shape index (κ1) is 15.7. The molecule has 122 valence electrons. The van der Waals surface area contributed by atoms with Gasteiger partial charge in [-0.25, -0.2) is 9.07 Å². The molecule has 2 aromatic rings. The van der Waals surface area contributed by atoms with E-state index in [1.54, 1.807) is 29.1 Å². The van der Waals surface area contributed by atoms with Crippen molar-refractivity contribution in [2.24, 2.45) is 0 Å². The Morgan fingerprint density at radius 1 is 1.26 bits per heavy atom. The van der Waals surface area contributed by atoms with E-state index in [9.17, 15) is 14.3 Å². The van der Waals surface area contributed by atoms with Crippen molar-refractivity contribution in [3.05, 3.63) is 48.0 Å². The summed E-state index contributed by atoms with van der Waals surface area (Å²) < 4.78 is 14.6. The summed E-state index contributed by atoms with van der Waals surface area (Å²) in [6, 6.07) is 7.77. The number of aromatic nitrogens is 2. The Balaban J connectivity index is 1.64. The third-order valence-corrected chi connectivity index (χ3v) is 4.35. The highest BCUT2D eigenvalue weighted by molar-refractivity contribution is 5.79. The van der Waals surface area contributed by atoms with Gasteiger partial charge in [0.2, 0.25) is 5.91 Å². The van der Waals surface area contributed by atoms with Gasteiger partial charge < -0.3 is 10.4 Å². The number of nitrogens with zero attached hydrogens (tertiary/aromatic N) is 2. The number of carbonyl (C=O) groups excluding carboxylic acids is 1. The van der Waals surface area contributed by atoms with E-state index in [1.165, 1.54) is 12.1 Å². The van der Waals surface area contributed by atoms with Gasteiger partial charge >= 0.3 is 0 Å². The fourth-order valence-corrected chi connectivity index (χ4v) is 3.07. The molecule has 6 heteroatoms. The van der Waals surface area contributed by atoms with Crippen molar-refractivity contribution in [3.63, 3.8) is 0 Å². The summed E-state index contributed by atoms with van der Waals surface area (Å²) in [5.74, 6) is -0.434. The number of hydrogen-bond donors (Lipinski definition) is 2. The third-order valence-electron chi connectivity index (χ3n) is 4.35. The smallest absolute Gasteiger partial charge is 0.226 e. The van der Waals surface area contributed by atoms with Crippen LogP contribution in [-0.4, -0.2) is 32.9 Å². The molecule has 1 aliphatic rings. The number of benzene rings is 1. The molecule has 0 atom stereocenters. The molecule has 1 aliphatic carbocycles. The van der Waals surface area contributed by atoms with E-state index in [0.29, 0.717) is 5.69 Å². The van der Waals surface area contributed by atoms with Crippen LogP contribution in [0.15, 0.2) is 36.5 Å². The number of nitrogens with one attached hydrogen (secondary N) is 1. The standard InChI is InChI=1S/C17H20FN3O2/c18-13-3-5-15(6-4-13)21-10-7-14(20-21)11-16(23)19-17(12-22)8-1-2-9-17/h3-7,10,22H,1-2,8-9,11-12H2,(H,19,23). The number of amides is 1. The lowest BCUT2D eigenvalue weighted by molar-refractivity contribution is -0.123. The Hall–Kier alpha value is -2.21.